The van der Waals surface area contributed by atoms with Crippen LogP contribution in [0, 0.1) is 12.1 Å². The summed E-state index contributed by atoms with van der Waals surface area (Å²) < 4.78 is 7.78. The largest absolute Gasteiger partial charge is 0.330 e. The van der Waals surface area contributed by atoms with Gasteiger partial charge in [-0.2, -0.15) is 0 Å². The Hall–Kier alpha value is -0.350. The fourth-order valence-corrected chi connectivity index (χ4v) is 2.74. The highest BCUT2D eigenvalue weighted by Crippen LogP contribution is 2.43. The predicted molar refractivity (Wildman–Crippen MR) is 64.0 cm³/mol. The second-order valence-electron chi connectivity index (χ2n) is 3.55. The third kappa shape index (κ3) is 4.24. The van der Waals surface area contributed by atoms with Crippen LogP contribution in [-0.2, 0) is 4.52 Å². The van der Waals surface area contributed by atoms with Gasteiger partial charge in [0.25, 0.3) is 0 Å². The molecule has 0 amide bonds. The molecule has 2 nitrogen and oxygen atoms in total. The van der Waals surface area contributed by atoms with E-state index < -0.39 is 8.30 Å². The first-order chi connectivity index (χ1) is 6.54. The Morgan fingerprint density at radius 2 is 1.93 bits per heavy atom. The zero-order valence-corrected chi connectivity index (χ0v) is 10.4. The lowest BCUT2D eigenvalue weighted by atomic mass is 10.3. The van der Waals surface area contributed by atoms with E-state index in [1.807, 2.05) is 0 Å². The molecule has 0 bridgehead atoms. The Morgan fingerprint density at radius 1 is 1.43 bits per heavy atom. The summed E-state index contributed by atoms with van der Waals surface area (Å²) in [5, 5.41) is 0. The third-order valence-electron chi connectivity index (χ3n) is 1.69. The van der Waals surface area contributed by atoms with E-state index in [4.69, 9.17) is 10.9 Å². The summed E-state index contributed by atoms with van der Waals surface area (Å²) in [6.45, 7) is 12.6. The maximum atomic E-state index is 5.56. The molecule has 0 aromatic heterocycles. The van der Waals surface area contributed by atoms with Gasteiger partial charge in [0.15, 0.2) is 8.30 Å². The summed E-state index contributed by atoms with van der Waals surface area (Å²) in [4.78, 5) is 0. The standard InChI is InChI=1S/C11H20NOP/c1-7-9-13-14(8-2)12(10(3)4)11(5)6/h2,7,10-11H,1,9H2,3-6H3. The van der Waals surface area contributed by atoms with E-state index >= 15 is 0 Å². The normalized spacial score (nSPS) is 13.3. The molecule has 1 unspecified atom stereocenters. The Bertz CT molecular complexity index is 200. The van der Waals surface area contributed by atoms with Crippen molar-refractivity contribution in [2.45, 2.75) is 39.8 Å². The molecule has 0 N–H and O–H groups in total. The van der Waals surface area contributed by atoms with Crippen LogP contribution < -0.4 is 0 Å². The maximum Gasteiger partial charge on any atom is 0.188 e. The molecule has 0 saturated heterocycles. The molecular formula is C11H20NOP. The number of hydrogen-bond acceptors (Lipinski definition) is 2. The third-order valence-corrected chi connectivity index (χ3v) is 3.65. The average Bonchev–Trinajstić information content (AvgIpc) is 2.10. The zero-order chi connectivity index (χ0) is 11.1. The van der Waals surface area contributed by atoms with E-state index in [0.29, 0.717) is 18.7 Å². The number of nitrogens with zero attached hydrogens (tertiary/aromatic N) is 1. The fourth-order valence-electron chi connectivity index (χ4n) is 1.31. The van der Waals surface area contributed by atoms with Gasteiger partial charge in [-0.1, -0.05) is 6.08 Å². The minimum Gasteiger partial charge on any atom is -0.330 e. The molecule has 0 rings (SSSR count). The molecule has 3 heteroatoms. The van der Waals surface area contributed by atoms with Gasteiger partial charge in [-0.25, -0.2) is 4.67 Å². The van der Waals surface area contributed by atoms with Gasteiger partial charge in [0, 0.05) is 12.1 Å². The summed E-state index contributed by atoms with van der Waals surface area (Å²) in [5.41, 5.74) is 2.72. The first kappa shape index (κ1) is 13.7. The second-order valence-corrected chi connectivity index (χ2v) is 5.08. The highest BCUT2D eigenvalue weighted by atomic mass is 31.2. The van der Waals surface area contributed by atoms with Crippen molar-refractivity contribution in [3.8, 4) is 12.1 Å². The average molecular weight is 213 g/mol. The molecule has 14 heavy (non-hydrogen) atoms. The van der Waals surface area contributed by atoms with Crippen LogP contribution >= 0.6 is 8.30 Å². The molecule has 0 fully saturated rings. The van der Waals surface area contributed by atoms with Crippen LogP contribution in [-0.4, -0.2) is 23.4 Å². The van der Waals surface area contributed by atoms with E-state index in [-0.39, 0.29) is 0 Å². The monoisotopic (exact) mass is 213 g/mol. The van der Waals surface area contributed by atoms with E-state index in [1.54, 1.807) is 6.08 Å². The molecule has 1 atom stereocenters. The van der Waals surface area contributed by atoms with Gasteiger partial charge < -0.3 is 4.52 Å². The van der Waals surface area contributed by atoms with Crippen LogP contribution in [0.3, 0.4) is 0 Å². The first-order valence-electron chi connectivity index (χ1n) is 4.83. The SMILES string of the molecule is C#CP(OCC=C)N(C(C)C)C(C)C. The number of terminal acetylenes is 1. The Balaban J connectivity index is 4.44. The van der Waals surface area contributed by atoms with Crippen LogP contribution in [0.1, 0.15) is 27.7 Å². The van der Waals surface area contributed by atoms with Gasteiger partial charge in [-0.15, -0.1) is 13.0 Å². The van der Waals surface area contributed by atoms with Crippen molar-refractivity contribution in [2.75, 3.05) is 6.61 Å². The van der Waals surface area contributed by atoms with Crippen LogP contribution in [0.15, 0.2) is 12.7 Å². The lowest BCUT2D eigenvalue weighted by Crippen LogP contribution is -2.32. The van der Waals surface area contributed by atoms with E-state index in [9.17, 15) is 0 Å². The lowest BCUT2D eigenvalue weighted by molar-refractivity contribution is 0.274. The van der Waals surface area contributed by atoms with Crippen LogP contribution in [0.2, 0.25) is 0 Å². The van der Waals surface area contributed by atoms with Crippen molar-refractivity contribution in [1.29, 1.82) is 0 Å². The van der Waals surface area contributed by atoms with E-state index in [2.05, 4.69) is 44.6 Å². The van der Waals surface area contributed by atoms with Crippen molar-refractivity contribution in [1.82, 2.24) is 4.67 Å². The molecule has 0 heterocycles. The molecule has 0 aliphatic heterocycles. The summed E-state index contributed by atoms with van der Waals surface area (Å²) in [7, 11) is -0.917. The Kier molecular flexibility index (Phi) is 6.83. The van der Waals surface area contributed by atoms with Crippen molar-refractivity contribution >= 4 is 8.30 Å². The van der Waals surface area contributed by atoms with Crippen molar-refractivity contribution in [2.24, 2.45) is 0 Å². The second kappa shape index (κ2) is 7.01. The lowest BCUT2D eigenvalue weighted by Gasteiger charge is -2.33. The smallest absolute Gasteiger partial charge is 0.188 e. The molecular weight excluding hydrogens is 193 g/mol. The van der Waals surface area contributed by atoms with Gasteiger partial charge in [0.05, 0.1) is 6.61 Å². The minimum absolute atomic E-state index is 0.405. The topological polar surface area (TPSA) is 12.5 Å². The van der Waals surface area contributed by atoms with Crippen LogP contribution in [0.4, 0.5) is 0 Å². The Morgan fingerprint density at radius 3 is 2.21 bits per heavy atom. The maximum absolute atomic E-state index is 5.56. The molecule has 0 saturated carbocycles. The van der Waals surface area contributed by atoms with E-state index in [0.717, 1.165) is 0 Å². The molecule has 0 aromatic carbocycles. The van der Waals surface area contributed by atoms with Gasteiger partial charge in [-0.3, -0.25) is 0 Å². The van der Waals surface area contributed by atoms with E-state index in [1.165, 1.54) is 0 Å². The predicted octanol–water partition coefficient (Wildman–Crippen LogP) is 3.21. The summed E-state index contributed by atoms with van der Waals surface area (Å²) in [5.74, 6) is 0. The molecule has 0 spiro atoms. The Labute approximate surface area is 89.2 Å². The first-order valence-corrected chi connectivity index (χ1v) is 6.04. The van der Waals surface area contributed by atoms with Crippen LogP contribution in [0.25, 0.3) is 0 Å². The van der Waals surface area contributed by atoms with Crippen LogP contribution in [0.5, 0.6) is 0 Å². The van der Waals surface area contributed by atoms with Crippen molar-refractivity contribution in [3.05, 3.63) is 12.7 Å². The zero-order valence-electron chi connectivity index (χ0n) is 9.53. The highest BCUT2D eigenvalue weighted by Gasteiger charge is 2.23. The van der Waals surface area contributed by atoms with Gasteiger partial charge in [0.2, 0.25) is 0 Å². The summed E-state index contributed by atoms with van der Waals surface area (Å²) >= 11 is 0. The summed E-state index contributed by atoms with van der Waals surface area (Å²) in [6.07, 6.45) is 7.20. The van der Waals surface area contributed by atoms with Gasteiger partial charge >= 0.3 is 0 Å². The fraction of sp³-hybridized carbons (Fsp3) is 0.636. The molecule has 0 aromatic rings. The van der Waals surface area contributed by atoms with Crippen molar-refractivity contribution < 1.29 is 4.52 Å². The highest BCUT2D eigenvalue weighted by molar-refractivity contribution is 7.55. The van der Waals surface area contributed by atoms with Gasteiger partial charge in [0.1, 0.15) is 0 Å². The molecule has 0 radical (unpaired) electrons. The summed E-state index contributed by atoms with van der Waals surface area (Å²) in [6, 6.07) is 0.809. The molecule has 80 valence electrons. The minimum atomic E-state index is -0.917. The van der Waals surface area contributed by atoms with Crippen molar-refractivity contribution in [3.63, 3.8) is 0 Å². The van der Waals surface area contributed by atoms with Gasteiger partial charge in [-0.05, 0) is 33.4 Å². The molecule has 0 aliphatic rings. The number of rotatable bonds is 6. The quantitative estimate of drug-likeness (QED) is 0.381. The number of hydrogen-bond donors (Lipinski definition) is 0. The molecule has 0 aliphatic carbocycles.